The van der Waals surface area contributed by atoms with E-state index in [2.05, 4.69) is 98.5 Å². The second-order valence-corrected chi connectivity index (χ2v) is 17.4. The number of benzene rings is 3. The first-order chi connectivity index (χ1) is 14.3. The van der Waals surface area contributed by atoms with Crippen LogP contribution in [0.3, 0.4) is 0 Å². The van der Waals surface area contributed by atoms with Gasteiger partial charge in [-0.25, -0.2) is 0 Å². The SMILES string of the molecule is COc1ccc(C2(c3ccc(OC)cc3)P(Cl)C2(c2ccccc2)[Si](C)(C)C)cc1. The highest BCUT2D eigenvalue weighted by Crippen LogP contribution is 2.98. The van der Waals surface area contributed by atoms with Crippen LogP contribution in [0.1, 0.15) is 16.7 Å². The van der Waals surface area contributed by atoms with Gasteiger partial charge in [0.15, 0.2) is 0 Å². The molecule has 0 saturated carbocycles. The van der Waals surface area contributed by atoms with Crippen molar-refractivity contribution < 1.29 is 9.47 Å². The highest BCUT2D eigenvalue weighted by Gasteiger charge is 2.82. The van der Waals surface area contributed by atoms with Gasteiger partial charge in [0.25, 0.3) is 0 Å². The zero-order chi connectivity index (χ0) is 21.6. The monoisotopic (exact) mass is 454 g/mol. The van der Waals surface area contributed by atoms with Crippen LogP contribution in [0.5, 0.6) is 11.5 Å². The molecule has 0 N–H and O–H groups in total. The van der Waals surface area contributed by atoms with Gasteiger partial charge >= 0.3 is 0 Å². The van der Waals surface area contributed by atoms with Crippen molar-refractivity contribution in [2.24, 2.45) is 0 Å². The molecule has 2 unspecified atom stereocenters. The molecule has 0 radical (unpaired) electrons. The molecule has 30 heavy (non-hydrogen) atoms. The molecule has 2 nitrogen and oxygen atoms in total. The molecule has 0 aromatic heterocycles. The Labute approximate surface area is 186 Å². The average Bonchev–Trinajstić information content (AvgIpc) is 3.36. The van der Waals surface area contributed by atoms with Gasteiger partial charge in [0.05, 0.1) is 27.4 Å². The standard InChI is InChI=1S/C25H28ClO2PSi/c1-27-22-15-11-19(12-16-22)24(20-13-17-23(28-2)18-14-20)25(29(24)26,30(3,4)5)21-9-7-6-8-10-21/h6-18H,1-5H3. The molecule has 1 aliphatic heterocycles. The van der Waals surface area contributed by atoms with Crippen LogP contribution >= 0.6 is 18.5 Å². The van der Waals surface area contributed by atoms with E-state index in [0.717, 1.165) is 11.5 Å². The highest BCUT2D eigenvalue weighted by atomic mass is 35.7. The Morgan fingerprint density at radius 3 is 1.47 bits per heavy atom. The van der Waals surface area contributed by atoms with E-state index in [1.807, 2.05) is 0 Å². The number of hydrogen-bond donors (Lipinski definition) is 0. The predicted octanol–water partition coefficient (Wildman–Crippen LogP) is 7.37. The first kappa shape index (κ1) is 21.4. The van der Waals surface area contributed by atoms with E-state index in [1.165, 1.54) is 16.7 Å². The highest BCUT2D eigenvalue weighted by molar-refractivity contribution is 7.94. The largest absolute Gasteiger partial charge is 0.497 e. The van der Waals surface area contributed by atoms with Crippen molar-refractivity contribution in [2.45, 2.75) is 29.6 Å². The third-order valence-electron chi connectivity index (χ3n) is 6.36. The second-order valence-electron chi connectivity index (χ2n) is 8.77. The Morgan fingerprint density at radius 2 is 1.10 bits per heavy atom. The summed E-state index contributed by atoms with van der Waals surface area (Å²) >= 11 is 7.50. The Bertz CT molecular complexity index is 968. The summed E-state index contributed by atoms with van der Waals surface area (Å²) < 4.78 is 10.8. The molecule has 156 valence electrons. The number of ether oxygens (including phenoxy) is 2. The fourth-order valence-corrected chi connectivity index (χ4v) is 18.0. The lowest BCUT2D eigenvalue weighted by Gasteiger charge is -2.35. The van der Waals surface area contributed by atoms with E-state index >= 15 is 0 Å². The third kappa shape index (κ3) is 2.86. The fourth-order valence-electron chi connectivity index (χ4n) is 5.07. The molecule has 1 saturated heterocycles. The molecular formula is C25H28ClO2PSi. The van der Waals surface area contributed by atoms with Crippen LogP contribution in [-0.2, 0) is 9.94 Å². The maximum atomic E-state index is 7.50. The lowest BCUT2D eigenvalue weighted by Crippen LogP contribution is -2.44. The van der Waals surface area contributed by atoms with Crippen molar-refractivity contribution in [1.29, 1.82) is 0 Å². The molecule has 0 bridgehead atoms. The quantitative estimate of drug-likeness (QED) is 0.286. The van der Waals surface area contributed by atoms with E-state index < -0.39 is 15.3 Å². The third-order valence-corrected chi connectivity index (χ3v) is 16.4. The summed E-state index contributed by atoms with van der Waals surface area (Å²) in [7, 11) is 0.763. The van der Waals surface area contributed by atoms with Crippen molar-refractivity contribution in [2.75, 3.05) is 14.2 Å². The summed E-state index contributed by atoms with van der Waals surface area (Å²) in [5.41, 5.74) is 3.89. The van der Waals surface area contributed by atoms with Crippen molar-refractivity contribution in [3.63, 3.8) is 0 Å². The molecule has 0 spiro atoms. The van der Waals surface area contributed by atoms with E-state index in [9.17, 15) is 0 Å². The first-order valence-corrected chi connectivity index (χ1v) is 15.9. The Morgan fingerprint density at radius 1 is 0.667 bits per heavy atom. The topological polar surface area (TPSA) is 18.5 Å². The summed E-state index contributed by atoms with van der Waals surface area (Å²) in [6.07, 6.45) is 0. The first-order valence-electron chi connectivity index (χ1n) is 10.1. The van der Waals surface area contributed by atoms with Crippen LogP contribution in [0.2, 0.25) is 19.6 Å². The maximum Gasteiger partial charge on any atom is 0.118 e. The van der Waals surface area contributed by atoms with E-state index in [4.69, 9.17) is 20.7 Å². The minimum Gasteiger partial charge on any atom is -0.497 e. The summed E-state index contributed by atoms with van der Waals surface area (Å²) in [5.74, 6) is 1.72. The van der Waals surface area contributed by atoms with Gasteiger partial charge in [0.2, 0.25) is 0 Å². The molecule has 3 aromatic rings. The summed E-state index contributed by atoms with van der Waals surface area (Å²) in [6.45, 7) is 7.35. The minimum atomic E-state index is -1.79. The Kier molecular flexibility index (Phi) is 5.51. The molecule has 1 heterocycles. The van der Waals surface area contributed by atoms with Crippen molar-refractivity contribution >= 4 is 26.6 Å². The summed E-state index contributed by atoms with van der Waals surface area (Å²) in [4.78, 5) is 0. The zero-order valence-corrected chi connectivity index (χ0v) is 20.8. The van der Waals surface area contributed by atoms with Crippen LogP contribution in [-0.4, -0.2) is 22.3 Å². The van der Waals surface area contributed by atoms with Gasteiger partial charge in [0.1, 0.15) is 11.5 Å². The molecule has 5 heteroatoms. The van der Waals surface area contributed by atoms with E-state index in [-0.39, 0.29) is 9.94 Å². The fraction of sp³-hybridized carbons (Fsp3) is 0.280. The molecule has 2 atom stereocenters. The molecule has 1 aliphatic rings. The normalized spacial score (nSPS) is 22.4. The van der Waals surface area contributed by atoms with Gasteiger partial charge in [-0.3, -0.25) is 0 Å². The number of rotatable bonds is 6. The Balaban J connectivity index is 2.02. The smallest absolute Gasteiger partial charge is 0.118 e. The molecule has 1 fully saturated rings. The summed E-state index contributed by atoms with van der Waals surface area (Å²) in [6, 6.07) is 27.9. The van der Waals surface area contributed by atoms with Crippen molar-refractivity contribution in [3.05, 3.63) is 95.6 Å². The molecular weight excluding hydrogens is 427 g/mol. The number of methoxy groups -OCH3 is 2. The average molecular weight is 455 g/mol. The zero-order valence-electron chi connectivity index (χ0n) is 18.1. The van der Waals surface area contributed by atoms with Gasteiger partial charge < -0.3 is 9.47 Å². The number of hydrogen-bond acceptors (Lipinski definition) is 2. The van der Waals surface area contributed by atoms with Crippen LogP contribution < -0.4 is 9.47 Å². The van der Waals surface area contributed by atoms with E-state index in [1.54, 1.807) is 14.2 Å². The minimum absolute atomic E-state index is 0.0681. The lowest BCUT2D eigenvalue weighted by atomic mass is 9.85. The van der Waals surface area contributed by atoms with Gasteiger partial charge in [-0.1, -0.05) is 85.5 Å². The van der Waals surface area contributed by atoms with Gasteiger partial charge in [0, 0.05) is 12.1 Å². The van der Waals surface area contributed by atoms with Crippen LogP contribution in [0.4, 0.5) is 0 Å². The van der Waals surface area contributed by atoms with E-state index in [0.29, 0.717) is 0 Å². The molecule has 0 amide bonds. The summed E-state index contributed by atoms with van der Waals surface area (Å²) in [5, 5.41) is -0.242. The van der Waals surface area contributed by atoms with Crippen LogP contribution in [0.15, 0.2) is 78.9 Å². The predicted molar refractivity (Wildman–Crippen MR) is 131 cm³/mol. The second kappa shape index (κ2) is 7.71. The molecule has 0 aliphatic carbocycles. The van der Waals surface area contributed by atoms with Crippen molar-refractivity contribution in [1.82, 2.24) is 0 Å². The van der Waals surface area contributed by atoms with Gasteiger partial charge in [-0.05, 0) is 41.0 Å². The number of halogens is 1. The molecule has 3 aromatic carbocycles. The van der Waals surface area contributed by atoms with Crippen molar-refractivity contribution in [3.8, 4) is 11.5 Å². The lowest BCUT2D eigenvalue weighted by molar-refractivity contribution is 0.414. The maximum absolute atomic E-state index is 7.50. The van der Waals surface area contributed by atoms with Gasteiger partial charge in [-0.2, -0.15) is 0 Å². The Hall–Kier alpha value is -1.80. The van der Waals surface area contributed by atoms with Gasteiger partial charge in [-0.15, -0.1) is 0 Å². The van der Waals surface area contributed by atoms with Crippen LogP contribution in [0.25, 0.3) is 0 Å². The molecule has 4 rings (SSSR count). The van der Waals surface area contributed by atoms with Crippen LogP contribution in [0, 0.1) is 0 Å².